The Balaban J connectivity index is 3.38. The van der Waals surface area contributed by atoms with E-state index in [0.29, 0.717) is 43.1 Å². The standard InChI is InChI=1S/C18H26Br2N4O6/c1-21(8-4-2-3-5-11-25)18(26)15-12-14(23(27)28)13-16(24(29)30)17(15)22(9-6-19)10-7-20/h12-13,25H,2-11H2,1H3. The number of amides is 1. The molecule has 0 fully saturated rings. The molecule has 0 aliphatic heterocycles. The highest BCUT2D eigenvalue weighted by Crippen LogP contribution is 2.37. The average Bonchev–Trinajstić information content (AvgIpc) is 2.71. The zero-order chi connectivity index (χ0) is 22.7. The molecule has 0 saturated heterocycles. The molecule has 1 aromatic carbocycles. The number of nitrogens with zero attached hydrogens (tertiary/aromatic N) is 4. The molecule has 0 heterocycles. The lowest BCUT2D eigenvalue weighted by atomic mass is 10.1. The highest BCUT2D eigenvalue weighted by Gasteiger charge is 2.31. The summed E-state index contributed by atoms with van der Waals surface area (Å²) >= 11 is 6.63. The van der Waals surface area contributed by atoms with Crippen molar-refractivity contribution in [2.24, 2.45) is 0 Å². The molecule has 0 aliphatic carbocycles. The highest BCUT2D eigenvalue weighted by atomic mass is 79.9. The lowest BCUT2D eigenvalue weighted by molar-refractivity contribution is -0.393. The number of hydrogen-bond acceptors (Lipinski definition) is 7. The van der Waals surface area contributed by atoms with Crippen molar-refractivity contribution in [2.45, 2.75) is 25.7 Å². The molecule has 10 nitrogen and oxygen atoms in total. The third-order valence-electron chi connectivity index (χ3n) is 4.49. The number of anilines is 1. The maximum atomic E-state index is 13.1. The number of aliphatic hydroxyl groups is 1. The number of carbonyl (C=O) groups excluding carboxylic acids is 1. The third-order valence-corrected chi connectivity index (χ3v) is 5.20. The minimum absolute atomic E-state index is 0.0596. The number of nitro benzene ring substituents is 2. The lowest BCUT2D eigenvalue weighted by Crippen LogP contribution is -2.33. The van der Waals surface area contributed by atoms with Crippen LogP contribution >= 0.6 is 31.9 Å². The summed E-state index contributed by atoms with van der Waals surface area (Å²) in [6, 6.07) is 2.01. The second kappa shape index (κ2) is 13.5. The van der Waals surface area contributed by atoms with Gasteiger partial charge in [0.1, 0.15) is 5.69 Å². The average molecular weight is 554 g/mol. The van der Waals surface area contributed by atoms with Gasteiger partial charge in [-0.1, -0.05) is 44.7 Å². The summed E-state index contributed by atoms with van der Waals surface area (Å²) in [5.41, 5.74) is -0.939. The van der Waals surface area contributed by atoms with E-state index in [4.69, 9.17) is 5.11 Å². The van der Waals surface area contributed by atoms with Gasteiger partial charge < -0.3 is 14.9 Å². The minimum atomic E-state index is -0.734. The highest BCUT2D eigenvalue weighted by molar-refractivity contribution is 9.09. The molecule has 0 bridgehead atoms. The van der Waals surface area contributed by atoms with Crippen LogP contribution in [0.25, 0.3) is 0 Å². The number of benzene rings is 1. The van der Waals surface area contributed by atoms with Gasteiger partial charge in [0.15, 0.2) is 0 Å². The van der Waals surface area contributed by atoms with E-state index in [1.165, 1.54) is 4.90 Å². The van der Waals surface area contributed by atoms with Crippen LogP contribution in [0.4, 0.5) is 17.1 Å². The predicted octanol–water partition coefficient (Wildman–Crippen LogP) is 3.72. The van der Waals surface area contributed by atoms with E-state index < -0.39 is 27.1 Å². The first-order valence-corrected chi connectivity index (χ1v) is 11.7. The van der Waals surface area contributed by atoms with E-state index in [0.717, 1.165) is 25.0 Å². The Hall–Kier alpha value is -1.79. The van der Waals surface area contributed by atoms with Gasteiger partial charge in [-0.25, -0.2) is 0 Å². The number of unbranched alkanes of at least 4 members (excludes halogenated alkanes) is 3. The fourth-order valence-corrected chi connectivity index (χ4v) is 3.86. The van der Waals surface area contributed by atoms with Crippen molar-refractivity contribution in [2.75, 3.05) is 48.8 Å². The fraction of sp³-hybridized carbons (Fsp3) is 0.611. The Morgan fingerprint density at radius 1 is 1.00 bits per heavy atom. The van der Waals surface area contributed by atoms with Gasteiger partial charge in [-0.2, -0.15) is 0 Å². The molecule has 0 unspecified atom stereocenters. The number of nitro groups is 2. The molecule has 0 aliphatic rings. The number of halogens is 2. The molecule has 0 saturated carbocycles. The monoisotopic (exact) mass is 552 g/mol. The van der Waals surface area contributed by atoms with Crippen LogP contribution < -0.4 is 4.90 Å². The summed E-state index contributed by atoms with van der Waals surface area (Å²) in [7, 11) is 1.57. The first-order valence-electron chi connectivity index (χ1n) is 9.48. The van der Waals surface area contributed by atoms with Gasteiger partial charge in [0.25, 0.3) is 17.3 Å². The van der Waals surface area contributed by atoms with Gasteiger partial charge in [-0.05, 0) is 12.8 Å². The van der Waals surface area contributed by atoms with Crippen LogP contribution in [0.2, 0.25) is 0 Å². The molecular formula is C18H26Br2N4O6. The van der Waals surface area contributed by atoms with E-state index in [9.17, 15) is 25.0 Å². The molecule has 30 heavy (non-hydrogen) atoms. The summed E-state index contributed by atoms with van der Waals surface area (Å²) < 4.78 is 0. The molecule has 0 aromatic heterocycles. The zero-order valence-electron chi connectivity index (χ0n) is 16.8. The summed E-state index contributed by atoms with van der Waals surface area (Å²) in [6.45, 7) is 1.29. The van der Waals surface area contributed by atoms with Crippen molar-refractivity contribution >= 4 is 54.8 Å². The Labute approximate surface area is 191 Å². The molecule has 12 heteroatoms. The maximum absolute atomic E-state index is 13.1. The van der Waals surface area contributed by atoms with E-state index in [-0.39, 0.29) is 17.9 Å². The SMILES string of the molecule is CN(CCCCCCO)C(=O)c1cc([N+](=O)[O-])cc([N+](=O)[O-])c1N(CCBr)CCBr. The summed E-state index contributed by atoms with van der Waals surface area (Å²) in [5, 5.41) is 32.9. The van der Waals surface area contributed by atoms with Crippen LogP contribution in [0.1, 0.15) is 36.0 Å². The van der Waals surface area contributed by atoms with Crippen molar-refractivity contribution in [3.05, 3.63) is 37.9 Å². The topological polar surface area (TPSA) is 130 Å². The van der Waals surface area contributed by atoms with Gasteiger partial charge in [0.2, 0.25) is 0 Å². The lowest BCUT2D eigenvalue weighted by Gasteiger charge is -2.26. The van der Waals surface area contributed by atoms with Gasteiger partial charge in [0.05, 0.1) is 21.5 Å². The van der Waals surface area contributed by atoms with Gasteiger partial charge >= 0.3 is 0 Å². The van der Waals surface area contributed by atoms with Crippen LogP contribution in [-0.4, -0.2) is 69.7 Å². The van der Waals surface area contributed by atoms with Crippen LogP contribution in [0, 0.1) is 20.2 Å². The number of hydrogen-bond donors (Lipinski definition) is 1. The zero-order valence-corrected chi connectivity index (χ0v) is 19.9. The summed E-state index contributed by atoms with van der Waals surface area (Å²) in [6.07, 6.45) is 3.03. The molecular weight excluding hydrogens is 528 g/mol. The van der Waals surface area contributed by atoms with Crippen LogP contribution in [-0.2, 0) is 0 Å². The Kier molecular flexibility index (Phi) is 11.8. The van der Waals surface area contributed by atoms with E-state index >= 15 is 0 Å². The molecule has 0 radical (unpaired) electrons. The summed E-state index contributed by atoms with van der Waals surface area (Å²) in [4.78, 5) is 37.9. The molecule has 0 atom stereocenters. The number of carbonyl (C=O) groups is 1. The Morgan fingerprint density at radius 2 is 1.60 bits per heavy atom. The van der Waals surface area contributed by atoms with Crippen molar-refractivity contribution in [3.8, 4) is 0 Å². The van der Waals surface area contributed by atoms with Gasteiger partial charge in [-0.15, -0.1) is 0 Å². The molecule has 0 spiro atoms. The van der Waals surface area contributed by atoms with Gasteiger partial charge in [0, 0.05) is 50.0 Å². The van der Waals surface area contributed by atoms with Crippen LogP contribution in [0.3, 0.4) is 0 Å². The molecule has 1 N–H and O–H groups in total. The van der Waals surface area contributed by atoms with Crippen molar-refractivity contribution < 1.29 is 19.7 Å². The summed E-state index contributed by atoms with van der Waals surface area (Å²) in [5.74, 6) is -0.506. The Morgan fingerprint density at radius 3 is 2.10 bits per heavy atom. The first kappa shape index (κ1) is 26.2. The number of alkyl halides is 2. The number of rotatable bonds is 14. The van der Waals surface area contributed by atoms with Crippen LogP contribution in [0.5, 0.6) is 0 Å². The number of aliphatic hydroxyl groups excluding tert-OH is 1. The number of non-ortho nitro benzene ring substituents is 1. The van der Waals surface area contributed by atoms with Crippen molar-refractivity contribution in [1.82, 2.24) is 4.90 Å². The third kappa shape index (κ3) is 7.47. The molecule has 1 amide bonds. The minimum Gasteiger partial charge on any atom is -0.396 e. The van der Waals surface area contributed by atoms with Crippen molar-refractivity contribution in [1.29, 1.82) is 0 Å². The molecule has 1 rings (SSSR count). The maximum Gasteiger partial charge on any atom is 0.300 e. The first-order chi connectivity index (χ1) is 14.3. The normalized spacial score (nSPS) is 10.7. The van der Waals surface area contributed by atoms with Crippen molar-refractivity contribution in [3.63, 3.8) is 0 Å². The smallest absolute Gasteiger partial charge is 0.300 e. The molecule has 1 aromatic rings. The van der Waals surface area contributed by atoms with Crippen LogP contribution in [0.15, 0.2) is 12.1 Å². The molecule has 168 valence electrons. The fourth-order valence-electron chi connectivity index (χ4n) is 3.01. The quantitative estimate of drug-likeness (QED) is 0.161. The largest absolute Gasteiger partial charge is 0.396 e. The second-order valence-corrected chi connectivity index (χ2v) is 8.19. The predicted molar refractivity (Wildman–Crippen MR) is 122 cm³/mol. The van der Waals surface area contributed by atoms with Gasteiger partial charge in [-0.3, -0.25) is 25.0 Å². The van der Waals surface area contributed by atoms with E-state index in [1.807, 2.05) is 0 Å². The van der Waals surface area contributed by atoms with E-state index in [1.54, 1.807) is 11.9 Å². The Bertz CT molecular complexity index is 744. The second-order valence-electron chi connectivity index (χ2n) is 6.60. The van der Waals surface area contributed by atoms with E-state index in [2.05, 4.69) is 31.9 Å².